The van der Waals surface area contributed by atoms with Gasteiger partial charge in [0.25, 0.3) is 0 Å². The van der Waals surface area contributed by atoms with Gasteiger partial charge < -0.3 is 15.8 Å². The van der Waals surface area contributed by atoms with E-state index >= 15 is 0 Å². The molecule has 0 bridgehead atoms. The maximum Gasteiger partial charge on any atom is 0.227 e. The van der Waals surface area contributed by atoms with Crippen LogP contribution in [0.2, 0.25) is 0 Å². The Morgan fingerprint density at radius 2 is 2.00 bits per heavy atom. The summed E-state index contributed by atoms with van der Waals surface area (Å²) in [4.78, 5) is 12.2. The molecule has 0 radical (unpaired) electrons. The van der Waals surface area contributed by atoms with Gasteiger partial charge >= 0.3 is 0 Å². The van der Waals surface area contributed by atoms with E-state index in [9.17, 15) is 4.79 Å². The summed E-state index contributed by atoms with van der Waals surface area (Å²) in [6.45, 7) is 11.1. The standard InChI is InChI=1S/C13H26N2O2/c1-9(10-6-7-17-8-10)15-11(16)12(2,3)13(4,5)14/h9-10H,6-8,14H2,1-5H3,(H,15,16). The van der Waals surface area contributed by atoms with Gasteiger partial charge in [-0.2, -0.15) is 0 Å². The first kappa shape index (κ1) is 14.5. The van der Waals surface area contributed by atoms with E-state index < -0.39 is 11.0 Å². The van der Waals surface area contributed by atoms with Crippen LogP contribution in [0.4, 0.5) is 0 Å². The van der Waals surface area contributed by atoms with Gasteiger partial charge in [-0.1, -0.05) is 0 Å². The van der Waals surface area contributed by atoms with Crippen molar-refractivity contribution in [3.8, 4) is 0 Å². The normalized spacial score (nSPS) is 23.5. The first-order valence-electron chi connectivity index (χ1n) is 6.34. The molecule has 1 amide bonds. The average Bonchev–Trinajstić information content (AvgIpc) is 2.68. The fourth-order valence-electron chi connectivity index (χ4n) is 1.74. The van der Waals surface area contributed by atoms with Crippen molar-refractivity contribution >= 4 is 5.91 Å². The molecule has 0 aromatic heterocycles. The van der Waals surface area contributed by atoms with Gasteiger partial charge in [-0.05, 0) is 41.0 Å². The molecule has 1 fully saturated rings. The van der Waals surface area contributed by atoms with Crippen LogP contribution >= 0.6 is 0 Å². The first-order chi connectivity index (χ1) is 7.66. The lowest BCUT2D eigenvalue weighted by atomic mass is 9.74. The fourth-order valence-corrected chi connectivity index (χ4v) is 1.74. The molecule has 4 heteroatoms. The Kier molecular flexibility index (Phi) is 4.20. The summed E-state index contributed by atoms with van der Waals surface area (Å²) >= 11 is 0. The van der Waals surface area contributed by atoms with Crippen LogP contribution < -0.4 is 11.1 Å². The third-order valence-corrected chi connectivity index (χ3v) is 4.21. The average molecular weight is 242 g/mol. The van der Waals surface area contributed by atoms with Gasteiger partial charge in [0.15, 0.2) is 0 Å². The molecule has 100 valence electrons. The zero-order chi connectivity index (χ0) is 13.3. The lowest BCUT2D eigenvalue weighted by Crippen LogP contribution is -2.57. The van der Waals surface area contributed by atoms with Crippen LogP contribution in [0.3, 0.4) is 0 Å². The third kappa shape index (κ3) is 3.19. The van der Waals surface area contributed by atoms with Crippen LogP contribution in [0.1, 0.15) is 41.0 Å². The molecule has 1 aliphatic rings. The number of nitrogens with one attached hydrogen (secondary N) is 1. The van der Waals surface area contributed by atoms with E-state index in [1.54, 1.807) is 0 Å². The number of hydrogen-bond donors (Lipinski definition) is 2. The predicted molar refractivity (Wildman–Crippen MR) is 68.6 cm³/mol. The Balaban J connectivity index is 2.59. The Bertz CT molecular complexity index is 276. The summed E-state index contributed by atoms with van der Waals surface area (Å²) in [6, 6.07) is 0.145. The molecular formula is C13H26N2O2. The van der Waals surface area contributed by atoms with E-state index in [0.717, 1.165) is 19.6 Å². The SMILES string of the molecule is CC(NC(=O)C(C)(C)C(C)(C)N)C1CCOC1. The van der Waals surface area contributed by atoms with Gasteiger partial charge in [0, 0.05) is 24.1 Å². The molecule has 0 aromatic rings. The first-order valence-corrected chi connectivity index (χ1v) is 6.34. The summed E-state index contributed by atoms with van der Waals surface area (Å²) in [5.41, 5.74) is 4.94. The van der Waals surface area contributed by atoms with E-state index in [1.165, 1.54) is 0 Å². The second kappa shape index (κ2) is 4.94. The molecule has 0 aromatic carbocycles. The van der Waals surface area contributed by atoms with Gasteiger partial charge in [0.1, 0.15) is 0 Å². The highest BCUT2D eigenvalue weighted by Crippen LogP contribution is 2.29. The molecule has 2 unspecified atom stereocenters. The van der Waals surface area contributed by atoms with Crippen molar-refractivity contribution < 1.29 is 9.53 Å². The van der Waals surface area contributed by atoms with E-state index in [2.05, 4.69) is 5.32 Å². The number of amides is 1. The number of nitrogens with two attached hydrogens (primary N) is 1. The second-order valence-electron chi connectivity index (χ2n) is 6.23. The molecule has 1 saturated heterocycles. The summed E-state index contributed by atoms with van der Waals surface area (Å²) in [7, 11) is 0. The Morgan fingerprint density at radius 3 is 2.41 bits per heavy atom. The van der Waals surface area contributed by atoms with Crippen molar-refractivity contribution in [2.24, 2.45) is 17.1 Å². The second-order valence-corrected chi connectivity index (χ2v) is 6.23. The van der Waals surface area contributed by atoms with E-state index in [0.29, 0.717) is 5.92 Å². The Hall–Kier alpha value is -0.610. The van der Waals surface area contributed by atoms with Crippen LogP contribution in [-0.2, 0) is 9.53 Å². The third-order valence-electron chi connectivity index (χ3n) is 4.21. The van der Waals surface area contributed by atoms with Crippen LogP contribution in [0, 0.1) is 11.3 Å². The molecule has 0 saturated carbocycles. The Morgan fingerprint density at radius 1 is 1.41 bits per heavy atom. The molecule has 0 aliphatic carbocycles. The number of carbonyl (C=O) groups is 1. The van der Waals surface area contributed by atoms with E-state index in [-0.39, 0.29) is 11.9 Å². The van der Waals surface area contributed by atoms with Gasteiger partial charge in [0.05, 0.1) is 12.0 Å². The summed E-state index contributed by atoms with van der Waals surface area (Å²) in [6.07, 6.45) is 1.02. The minimum Gasteiger partial charge on any atom is -0.381 e. The summed E-state index contributed by atoms with van der Waals surface area (Å²) < 4.78 is 5.34. The van der Waals surface area contributed by atoms with Crippen molar-refractivity contribution in [2.75, 3.05) is 13.2 Å². The van der Waals surface area contributed by atoms with Crippen molar-refractivity contribution in [3.63, 3.8) is 0 Å². The lowest BCUT2D eigenvalue weighted by molar-refractivity contribution is -0.133. The van der Waals surface area contributed by atoms with E-state index in [1.807, 2.05) is 34.6 Å². The molecule has 1 heterocycles. The molecule has 2 atom stereocenters. The number of ether oxygens (including phenoxy) is 1. The summed E-state index contributed by atoms with van der Waals surface area (Å²) in [5.74, 6) is 0.444. The van der Waals surface area contributed by atoms with Crippen molar-refractivity contribution in [3.05, 3.63) is 0 Å². The molecule has 4 nitrogen and oxygen atoms in total. The topological polar surface area (TPSA) is 64.4 Å². The van der Waals surface area contributed by atoms with E-state index in [4.69, 9.17) is 10.5 Å². The minimum absolute atomic E-state index is 0.0180. The maximum atomic E-state index is 12.2. The van der Waals surface area contributed by atoms with Crippen LogP contribution in [0.5, 0.6) is 0 Å². The van der Waals surface area contributed by atoms with Gasteiger partial charge in [-0.3, -0.25) is 4.79 Å². The maximum absolute atomic E-state index is 12.2. The van der Waals surface area contributed by atoms with Crippen molar-refractivity contribution in [1.29, 1.82) is 0 Å². The number of rotatable bonds is 4. The fraction of sp³-hybridized carbons (Fsp3) is 0.923. The van der Waals surface area contributed by atoms with Crippen LogP contribution in [0.25, 0.3) is 0 Å². The van der Waals surface area contributed by atoms with Gasteiger partial charge in [-0.25, -0.2) is 0 Å². The monoisotopic (exact) mass is 242 g/mol. The van der Waals surface area contributed by atoms with Gasteiger partial charge in [0.2, 0.25) is 5.91 Å². The highest BCUT2D eigenvalue weighted by molar-refractivity contribution is 5.83. The molecular weight excluding hydrogens is 216 g/mol. The zero-order valence-corrected chi connectivity index (χ0v) is 11.7. The minimum atomic E-state index is -0.583. The van der Waals surface area contributed by atoms with Crippen LogP contribution in [-0.4, -0.2) is 30.7 Å². The van der Waals surface area contributed by atoms with Crippen molar-refractivity contribution in [2.45, 2.75) is 52.6 Å². The van der Waals surface area contributed by atoms with Crippen LogP contribution in [0.15, 0.2) is 0 Å². The zero-order valence-electron chi connectivity index (χ0n) is 11.7. The predicted octanol–water partition coefficient (Wildman–Crippen LogP) is 1.29. The molecule has 3 N–H and O–H groups in total. The quantitative estimate of drug-likeness (QED) is 0.781. The van der Waals surface area contributed by atoms with Crippen molar-refractivity contribution in [1.82, 2.24) is 5.32 Å². The number of carbonyl (C=O) groups excluding carboxylic acids is 1. The highest BCUT2D eigenvalue weighted by atomic mass is 16.5. The molecule has 17 heavy (non-hydrogen) atoms. The van der Waals surface area contributed by atoms with Gasteiger partial charge in [-0.15, -0.1) is 0 Å². The smallest absolute Gasteiger partial charge is 0.227 e. The number of hydrogen-bond acceptors (Lipinski definition) is 3. The molecule has 1 aliphatic heterocycles. The summed E-state index contributed by atoms with van der Waals surface area (Å²) in [5, 5.41) is 3.07. The largest absolute Gasteiger partial charge is 0.381 e. The molecule has 0 spiro atoms. The lowest BCUT2D eigenvalue weighted by Gasteiger charge is -2.38. The highest BCUT2D eigenvalue weighted by Gasteiger charge is 2.41. The molecule has 1 rings (SSSR count). The Labute approximate surface area is 104 Å².